The van der Waals surface area contributed by atoms with Crippen LogP contribution in [0.2, 0.25) is 0 Å². The first kappa shape index (κ1) is 16.3. The van der Waals surface area contributed by atoms with E-state index < -0.39 is 0 Å². The molecule has 1 unspecified atom stereocenters. The summed E-state index contributed by atoms with van der Waals surface area (Å²) in [7, 11) is 1.79. The van der Waals surface area contributed by atoms with Gasteiger partial charge in [0.05, 0.1) is 6.10 Å². The molecule has 1 N–H and O–H groups in total. The molecule has 118 valence electrons. The number of hydrogen-bond acceptors (Lipinski definition) is 4. The number of benzene rings is 1. The van der Waals surface area contributed by atoms with E-state index in [0.717, 1.165) is 45.0 Å². The van der Waals surface area contributed by atoms with E-state index in [1.165, 1.54) is 5.56 Å². The van der Waals surface area contributed by atoms with Crippen LogP contribution in [0.25, 0.3) is 0 Å². The number of nitrogens with one attached hydrogen (secondary N) is 1. The molecule has 1 saturated heterocycles. The first-order valence-corrected chi connectivity index (χ1v) is 7.88. The van der Waals surface area contributed by atoms with Gasteiger partial charge in [0, 0.05) is 44.9 Å². The smallest absolute Gasteiger partial charge is 0.123 e. The lowest BCUT2D eigenvalue weighted by molar-refractivity contribution is 0.105. The monoisotopic (exact) mass is 292 g/mol. The fourth-order valence-corrected chi connectivity index (χ4v) is 2.58. The van der Waals surface area contributed by atoms with Crippen molar-refractivity contribution in [3.63, 3.8) is 0 Å². The lowest BCUT2D eigenvalue weighted by Crippen LogP contribution is -2.28. The van der Waals surface area contributed by atoms with Crippen molar-refractivity contribution in [2.45, 2.75) is 39.0 Å². The highest BCUT2D eigenvalue weighted by atomic mass is 16.5. The molecule has 21 heavy (non-hydrogen) atoms. The van der Waals surface area contributed by atoms with Gasteiger partial charge in [-0.15, -0.1) is 0 Å². The van der Waals surface area contributed by atoms with E-state index in [4.69, 9.17) is 9.47 Å². The Hall–Kier alpha value is -1.10. The molecular weight excluding hydrogens is 264 g/mol. The van der Waals surface area contributed by atoms with Gasteiger partial charge in [-0.3, -0.25) is 4.90 Å². The zero-order valence-corrected chi connectivity index (χ0v) is 13.5. The Balaban J connectivity index is 1.77. The average molecular weight is 292 g/mol. The molecule has 1 aliphatic rings. The summed E-state index contributed by atoms with van der Waals surface area (Å²) in [6, 6.07) is 8.76. The zero-order chi connectivity index (χ0) is 15.1. The van der Waals surface area contributed by atoms with Gasteiger partial charge in [-0.25, -0.2) is 0 Å². The molecule has 0 saturated carbocycles. The summed E-state index contributed by atoms with van der Waals surface area (Å²) in [6.07, 6.45) is 1.53. The zero-order valence-electron chi connectivity index (χ0n) is 13.5. The standard InChI is InChI=1S/C17H28N2O2/c1-14(2)18-12-15-6-4-5-7-17(15)21-11-10-19-9-8-16(13-19)20-3/h4-7,14,16,18H,8-13H2,1-3H3. The van der Waals surface area contributed by atoms with Crippen LogP contribution in [0.1, 0.15) is 25.8 Å². The maximum atomic E-state index is 5.98. The van der Waals surface area contributed by atoms with Crippen molar-refractivity contribution in [1.29, 1.82) is 0 Å². The topological polar surface area (TPSA) is 33.7 Å². The minimum absolute atomic E-state index is 0.396. The van der Waals surface area contributed by atoms with E-state index in [0.29, 0.717) is 12.1 Å². The summed E-state index contributed by atoms with van der Waals surface area (Å²) in [4.78, 5) is 2.41. The van der Waals surface area contributed by atoms with E-state index in [-0.39, 0.29) is 0 Å². The molecular formula is C17H28N2O2. The third-order valence-electron chi connectivity index (χ3n) is 3.90. The van der Waals surface area contributed by atoms with Crippen LogP contribution in [-0.2, 0) is 11.3 Å². The highest BCUT2D eigenvalue weighted by Crippen LogP contribution is 2.18. The predicted octanol–water partition coefficient (Wildman–Crippen LogP) is 2.28. The highest BCUT2D eigenvalue weighted by molar-refractivity contribution is 5.33. The van der Waals surface area contributed by atoms with Crippen molar-refractivity contribution >= 4 is 0 Å². The van der Waals surface area contributed by atoms with Crippen LogP contribution in [0, 0.1) is 0 Å². The van der Waals surface area contributed by atoms with E-state index in [1.807, 2.05) is 6.07 Å². The molecule has 1 aliphatic heterocycles. The lowest BCUT2D eigenvalue weighted by Gasteiger charge is -2.17. The van der Waals surface area contributed by atoms with Crippen molar-refractivity contribution in [2.75, 3.05) is 33.4 Å². The molecule has 4 heteroatoms. The van der Waals surface area contributed by atoms with Gasteiger partial charge in [0.1, 0.15) is 12.4 Å². The van der Waals surface area contributed by atoms with Gasteiger partial charge in [0.2, 0.25) is 0 Å². The van der Waals surface area contributed by atoms with Crippen molar-refractivity contribution in [3.05, 3.63) is 29.8 Å². The first-order chi connectivity index (χ1) is 10.2. The van der Waals surface area contributed by atoms with Crippen LogP contribution in [0.4, 0.5) is 0 Å². The van der Waals surface area contributed by atoms with Crippen LogP contribution in [0.3, 0.4) is 0 Å². The fraction of sp³-hybridized carbons (Fsp3) is 0.647. The number of nitrogens with zero attached hydrogens (tertiary/aromatic N) is 1. The molecule has 0 bridgehead atoms. The second-order valence-electron chi connectivity index (χ2n) is 5.94. The second kappa shape index (κ2) is 8.37. The van der Waals surface area contributed by atoms with E-state index in [9.17, 15) is 0 Å². The van der Waals surface area contributed by atoms with Crippen LogP contribution in [0.15, 0.2) is 24.3 Å². The Bertz CT molecular complexity index is 423. The Morgan fingerprint density at radius 2 is 2.14 bits per heavy atom. The van der Waals surface area contributed by atoms with Gasteiger partial charge in [-0.05, 0) is 12.5 Å². The molecule has 1 aromatic rings. The van der Waals surface area contributed by atoms with Gasteiger partial charge < -0.3 is 14.8 Å². The van der Waals surface area contributed by atoms with Gasteiger partial charge in [0.15, 0.2) is 0 Å². The summed E-state index contributed by atoms with van der Waals surface area (Å²) in [5.41, 5.74) is 1.22. The van der Waals surface area contributed by atoms with Gasteiger partial charge in [0.25, 0.3) is 0 Å². The van der Waals surface area contributed by atoms with Crippen LogP contribution < -0.4 is 10.1 Å². The number of likely N-dealkylation sites (tertiary alicyclic amines) is 1. The Kier molecular flexibility index (Phi) is 6.49. The molecule has 4 nitrogen and oxygen atoms in total. The molecule has 1 aromatic carbocycles. The number of rotatable bonds is 8. The summed E-state index contributed by atoms with van der Waals surface area (Å²) >= 11 is 0. The summed E-state index contributed by atoms with van der Waals surface area (Å²) in [5.74, 6) is 0.994. The highest BCUT2D eigenvalue weighted by Gasteiger charge is 2.21. The van der Waals surface area contributed by atoms with Gasteiger partial charge in [-0.2, -0.15) is 0 Å². The third kappa shape index (κ3) is 5.30. The first-order valence-electron chi connectivity index (χ1n) is 7.88. The van der Waals surface area contributed by atoms with Crippen molar-refractivity contribution in [3.8, 4) is 5.75 Å². The Morgan fingerprint density at radius 3 is 2.86 bits per heavy atom. The molecule has 1 fully saturated rings. The lowest BCUT2D eigenvalue weighted by atomic mass is 10.2. The minimum atomic E-state index is 0.396. The van der Waals surface area contributed by atoms with Crippen molar-refractivity contribution < 1.29 is 9.47 Å². The van der Waals surface area contributed by atoms with E-state index in [2.05, 4.69) is 42.3 Å². The van der Waals surface area contributed by atoms with Gasteiger partial charge in [-0.1, -0.05) is 32.0 Å². The molecule has 0 radical (unpaired) electrons. The third-order valence-corrected chi connectivity index (χ3v) is 3.90. The SMILES string of the molecule is COC1CCN(CCOc2ccccc2CNC(C)C)C1. The molecule has 2 rings (SSSR count). The normalized spacial score (nSPS) is 19.3. The maximum Gasteiger partial charge on any atom is 0.123 e. The van der Waals surface area contributed by atoms with Crippen molar-refractivity contribution in [2.24, 2.45) is 0 Å². The summed E-state index contributed by atoms with van der Waals surface area (Å²) in [5, 5.41) is 3.44. The molecule has 0 aliphatic carbocycles. The maximum absolute atomic E-state index is 5.98. The van der Waals surface area contributed by atoms with Gasteiger partial charge >= 0.3 is 0 Å². The molecule has 0 aromatic heterocycles. The molecule has 0 spiro atoms. The second-order valence-corrected chi connectivity index (χ2v) is 5.94. The van der Waals surface area contributed by atoms with Crippen LogP contribution in [-0.4, -0.2) is 50.4 Å². The summed E-state index contributed by atoms with van der Waals surface area (Å²) in [6.45, 7) is 8.99. The minimum Gasteiger partial charge on any atom is -0.492 e. The number of para-hydroxylation sites is 1. The summed E-state index contributed by atoms with van der Waals surface area (Å²) < 4.78 is 11.4. The largest absolute Gasteiger partial charge is 0.492 e. The number of hydrogen-bond donors (Lipinski definition) is 1. The van der Waals surface area contributed by atoms with E-state index in [1.54, 1.807) is 7.11 Å². The van der Waals surface area contributed by atoms with Crippen LogP contribution >= 0.6 is 0 Å². The van der Waals surface area contributed by atoms with Crippen LogP contribution in [0.5, 0.6) is 5.75 Å². The average Bonchev–Trinajstić information content (AvgIpc) is 2.94. The number of ether oxygens (including phenoxy) is 2. The Labute approximate surface area is 128 Å². The fourth-order valence-electron chi connectivity index (χ4n) is 2.58. The molecule has 1 atom stereocenters. The van der Waals surface area contributed by atoms with Crippen molar-refractivity contribution in [1.82, 2.24) is 10.2 Å². The van der Waals surface area contributed by atoms with E-state index >= 15 is 0 Å². The predicted molar refractivity (Wildman–Crippen MR) is 85.8 cm³/mol. The quantitative estimate of drug-likeness (QED) is 0.797. The Morgan fingerprint density at radius 1 is 1.33 bits per heavy atom. The number of methoxy groups -OCH3 is 1. The molecule has 1 heterocycles. The molecule has 0 amide bonds.